The summed E-state index contributed by atoms with van der Waals surface area (Å²) in [5, 5.41) is 9.15. The number of carboxylic acid groups (broad SMARTS) is 1. The van der Waals surface area contributed by atoms with Crippen LogP contribution in [0.15, 0.2) is 0 Å². The van der Waals surface area contributed by atoms with Gasteiger partial charge in [0.2, 0.25) is 0 Å². The molecule has 1 fully saturated rings. The molecule has 0 aromatic rings. The van der Waals surface area contributed by atoms with Crippen molar-refractivity contribution < 1.29 is 26.7 Å². The molecule has 19 heavy (non-hydrogen) atoms. The van der Waals surface area contributed by atoms with Crippen molar-refractivity contribution in [3.05, 3.63) is 0 Å². The number of hydrogen-bond acceptors (Lipinski definition) is 5. The lowest BCUT2D eigenvalue weighted by Gasteiger charge is -2.17. The lowest BCUT2D eigenvalue weighted by Crippen LogP contribution is -2.25. The summed E-state index contributed by atoms with van der Waals surface area (Å²) in [5.41, 5.74) is 0. The van der Waals surface area contributed by atoms with Crippen LogP contribution in [0.2, 0.25) is 0 Å². The van der Waals surface area contributed by atoms with Crippen molar-refractivity contribution in [2.45, 2.75) is 26.2 Å². The van der Waals surface area contributed by atoms with Crippen LogP contribution < -0.4 is 0 Å². The fourth-order valence-corrected chi connectivity index (χ4v) is 5.14. The van der Waals surface area contributed by atoms with Crippen LogP contribution in [0.5, 0.6) is 0 Å². The van der Waals surface area contributed by atoms with Crippen molar-refractivity contribution in [2.24, 2.45) is 11.8 Å². The van der Waals surface area contributed by atoms with Crippen LogP contribution in [0, 0.1) is 11.8 Å². The first-order chi connectivity index (χ1) is 8.67. The van der Waals surface area contributed by atoms with Gasteiger partial charge in [0.25, 0.3) is 0 Å². The van der Waals surface area contributed by atoms with Gasteiger partial charge < -0.3 is 5.11 Å². The summed E-state index contributed by atoms with van der Waals surface area (Å²) < 4.78 is 45.4. The Morgan fingerprint density at radius 3 is 2.47 bits per heavy atom. The van der Waals surface area contributed by atoms with Gasteiger partial charge >= 0.3 is 5.97 Å². The highest BCUT2D eigenvalue weighted by Crippen LogP contribution is 2.29. The van der Waals surface area contributed by atoms with Crippen LogP contribution >= 0.6 is 0 Å². The van der Waals surface area contributed by atoms with E-state index >= 15 is 0 Å². The van der Waals surface area contributed by atoms with Crippen molar-refractivity contribution >= 4 is 25.6 Å². The smallest absolute Gasteiger partial charge is 0.306 e. The van der Waals surface area contributed by atoms with E-state index in [1.165, 1.54) is 0 Å². The molecule has 1 rings (SSSR count). The Hall–Kier alpha value is -0.630. The van der Waals surface area contributed by atoms with Gasteiger partial charge in [0.05, 0.1) is 23.2 Å². The van der Waals surface area contributed by atoms with Gasteiger partial charge in [0, 0.05) is 5.75 Å². The molecule has 1 saturated heterocycles. The summed E-state index contributed by atoms with van der Waals surface area (Å²) in [6.07, 6.45) is 0.846. The van der Waals surface area contributed by atoms with Gasteiger partial charge in [0.1, 0.15) is 9.84 Å². The molecule has 0 saturated carbocycles. The zero-order valence-electron chi connectivity index (χ0n) is 10.9. The van der Waals surface area contributed by atoms with E-state index in [0.29, 0.717) is 6.42 Å². The minimum atomic E-state index is -3.11. The number of carbonyl (C=O) groups is 1. The molecule has 2 atom stereocenters. The zero-order chi connectivity index (χ0) is 14.7. The lowest BCUT2D eigenvalue weighted by atomic mass is 9.88. The standard InChI is InChI=1S/C11H20O6S2/c1-2-18(14,15)6-3-4-10(11(12)13)9-5-7-19(16,17)8-9/h9-10H,2-8H2,1H3,(H,12,13). The maximum absolute atomic E-state index is 11.4. The molecule has 2 unspecified atom stereocenters. The summed E-state index contributed by atoms with van der Waals surface area (Å²) >= 11 is 0. The third kappa shape index (κ3) is 5.10. The number of carboxylic acids is 1. The molecule has 0 aliphatic carbocycles. The highest BCUT2D eigenvalue weighted by molar-refractivity contribution is 7.91. The second-order valence-corrected chi connectivity index (χ2v) is 9.69. The maximum atomic E-state index is 11.4. The molecule has 6 nitrogen and oxygen atoms in total. The van der Waals surface area contributed by atoms with Crippen molar-refractivity contribution in [1.82, 2.24) is 0 Å². The van der Waals surface area contributed by atoms with E-state index < -0.39 is 31.6 Å². The first kappa shape index (κ1) is 16.4. The molecule has 0 spiro atoms. The average Bonchev–Trinajstić information content (AvgIpc) is 2.64. The number of aliphatic carboxylic acids is 1. The molecule has 1 heterocycles. The molecule has 0 bridgehead atoms. The molecule has 112 valence electrons. The third-order valence-corrected chi connectivity index (χ3v) is 7.15. The first-order valence-electron chi connectivity index (χ1n) is 6.30. The Bertz CT molecular complexity index is 519. The van der Waals surface area contributed by atoms with E-state index in [1.54, 1.807) is 6.92 Å². The molecule has 0 aromatic heterocycles. The van der Waals surface area contributed by atoms with E-state index in [1.807, 2.05) is 0 Å². The highest BCUT2D eigenvalue weighted by atomic mass is 32.2. The largest absolute Gasteiger partial charge is 0.481 e. The average molecular weight is 312 g/mol. The summed E-state index contributed by atoms with van der Waals surface area (Å²) in [6, 6.07) is 0. The summed E-state index contributed by atoms with van der Waals surface area (Å²) in [6.45, 7) is 1.55. The van der Waals surface area contributed by atoms with E-state index in [2.05, 4.69) is 0 Å². The second-order valence-electron chi connectivity index (χ2n) is 4.99. The SMILES string of the molecule is CCS(=O)(=O)CCCC(C(=O)O)C1CCS(=O)(=O)C1. The van der Waals surface area contributed by atoms with Gasteiger partial charge in [-0.2, -0.15) is 0 Å². The molecule has 0 radical (unpaired) electrons. The Morgan fingerprint density at radius 2 is 2.05 bits per heavy atom. The Balaban J connectivity index is 2.58. The topological polar surface area (TPSA) is 106 Å². The Labute approximate surface area is 114 Å². The summed E-state index contributed by atoms with van der Waals surface area (Å²) in [5.74, 6) is -2.22. The van der Waals surface area contributed by atoms with Crippen LogP contribution in [0.4, 0.5) is 0 Å². The van der Waals surface area contributed by atoms with Gasteiger partial charge in [-0.25, -0.2) is 16.8 Å². The molecular formula is C11H20O6S2. The van der Waals surface area contributed by atoms with Gasteiger partial charge in [-0.3, -0.25) is 4.79 Å². The van der Waals surface area contributed by atoms with Crippen molar-refractivity contribution in [3.8, 4) is 0 Å². The zero-order valence-corrected chi connectivity index (χ0v) is 12.5. The highest BCUT2D eigenvalue weighted by Gasteiger charge is 2.37. The number of sulfone groups is 2. The minimum absolute atomic E-state index is 0.0350. The van der Waals surface area contributed by atoms with Crippen LogP contribution in [0.1, 0.15) is 26.2 Å². The summed E-state index contributed by atoms with van der Waals surface area (Å²) in [7, 11) is -6.21. The molecule has 0 amide bonds. The van der Waals surface area contributed by atoms with Gasteiger partial charge in [-0.1, -0.05) is 6.92 Å². The fraction of sp³-hybridized carbons (Fsp3) is 0.909. The molecule has 1 aliphatic heterocycles. The van der Waals surface area contributed by atoms with Crippen LogP contribution in [0.25, 0.3) is 0 Å². The van der Waals surface area contributed by atoms with Crippen LogP contribution in [0.3, 0.4) is 0 Å². The quantitative estimate of drug-likeness (QED) is 0.726. The van der Waals surface area contributed by atoms with Crippen LogP contribution in [-0.4, -0.2) is 50.9 Å². The van der Waals surface area contributed by atoms with Gasteiger partial charge in [-0.15, -0.1) is 0 Å². The van der Waals surface area contributed by atoms with Crippen molar-refractivity contribution in [1.29, 1.82) is 0 Å². The van der Waals surface area contributed by atoms with Gasteiger partial charge in [-0.05, 0) is 25.2 Å². The lowest BCUT2D eigenvalue weighted by molar-refractivity contribution is -0.143. The predicted molar refractivity (Wildman–Crippen MR) is 71.4 cm³/mol. The molecule has 0 aromatic carbocycles. The van der Waals surface area contributed by atoms with E-state index in [0.717, 1.165) is 0 Å². The Morgan fingerprint density at radius 1 is 1.42 bits per heavy atom. The van der Waals surface area contributed by atoms with E-state index in [-0.39, 0.29) is 41.8 Å². The van der Waals surface area contributed by atoms with E-state index in [4.69, 9.17) is 5.11 Å². The maximum Gasteiger partial charge on any atom is 0.306 e. The number of hydrogen-bond donors (Lipinski definition) is 1. The molecule has 1 N–H and O–H groups in total. The number of rotatable bonds is 7. The fourth-order valence-electron chi connectivity index (χ4n) is 2.37. The molecular weight excluding hydrogens is 292 g/mol. The predicted octanol–water partition coefficient (Wildman–Crippen LogP) is 0.337. The monoisotopic (exact) mass is 312 g/mol. The second kappa shape index (κ2) is 6.21. The Kier molecular flexibility index (Phi) is 5.37. The van der Waals surface area contributed by atoms with Crippen LogP contribution in [-0.2, 0) is 24.5 Å². The first-order valence-corrected chi connectivity index (χ1v) is 9.95. The van der Waals surface area contributed by atoms with Crippen molar-refractivity contribution in [2.75, 3.05) is 23.0 Å². The molecule has 8 heteroatoms. The summed E-state index contributed by atoms with van der Waals surface area (Å²) in [4.78, 5) is 11.2. The third-order valence-electron chi connectivity index (χ3n) is 3.56. The molecule has 1 aliphatic rings. The van der Waals surface area contributed by atoms with E-state index in [9.17, 15) is 21.6 Å². The minimum Gasteiger partial charge on any atom is -0.481 e. The van der Waals surface area contributed by atoms with Gasteiger partial charge in [0.15, 0.2) is 9.84 Å². The normalized spacial score (nSPS) is 24.2. The van der Waals surface area contributed by atoms with Crippen molar-refractivity contribution in [3.63, 3.8) is 0 Å².